The number of carbonyl (C=O) groups is 1. The van der Waals surface area contributed by atoms with Crippen LogP contribution in [-0.2, 0) is 11.3 Å². The smallest absolute Gasteiger partial charge is 0.228 e. The van der Waals surface area contributed by atoms with Crippen molar-refractivity contribution in [3.05, 3.63) is 47.7 Å². The summed E-state index contributed by atoms with van der Waals surface area (Å²) in [6, 6.07) is 10.1. The van der Waals surface area contributed by atoms with Crippen molar-refractivity contribution in [2.24, 2.45) is 17.6 Å². The van der Waals surface area contributed by atoms with Gasteiger partial charge < -0.3 is 11.1 Å². The number of anilines is 1. The molecule has 2 aromatic rings. The zero-order valence-electron chi connectivity index (χ0n) is 13.0. The molecular weight excluding hydrogens is 274 g/mol. The largest absolute Gasteiger partial charge is 0.326 e. The van der Waals surface area contributed by atoms with Crippen LogP contribution < -0.4 is 11.1 Å². The molecular formula is C18H21N3O. The summed E-state index contributed by atoms with van der Waals surface area (Å²) >= 11 is 0. The molecule has 0 spiro atoms. The number of nitrogens with two attached hydrogens (primary N) is 1. The lowest BCUT2D eigenvalue weighted by atomic mass is 10.0. The highest BCUT2D eigenvalue weighted by Gasteiger charge is 2.39. The third kappa shape index (κ3) is 3.02. The molecule has 3 rings (SSSR count). The van der Waals surface area contributed by atoms with Gasteiger partial charge in [-0.2, -0.15) is 0 Å². The monoisotopic (exact) mass is 295 g/mol. The van der Waals surface area contributed by atoms with Crippen LogP contribution >= 0.6 is 0 Å². The number of aryl methyl sites for hydroxylation is 1. The highest BCUT2D eigenvalue weighted by atomic mass is 16.2. The van der Waals surface area contributed by atoms with Gasteiger partial charge in [0.05, 0.1) is 0 Å². The van der Waals surface area contributed by atoms with Crippen molar-refractivity contribution in [3.63, 3.8) is 0 Å². The summed E-state index contributed by atoms with van der Waals surface area (Å²) in [7, 11) is 0. The summed E-state index contributed by atoms with van der Waals surface area (Å²) in [5.41, 5.74) is 10.2. The van der Waals surface area contributed by atoms with Crippen LogP contribution in [0.2, 0.25) is 0 Å². The molecule has 1 amide bonds. The predicted molar refractivity (Wildman–Crippen MR) is 88.2 cm³/mol. The minimum atomic E-state index is 0.0758. The van der Waals surface area contributed by atoms with Gasteiger partial charge >= 0.3 is 0 Å². The van der Waals surface area contributed by atoms with E-state index in [0.717, 1.165) is 23.1 Å². The molecule has 1 aliphatic carbocycles. The van der Waals surface area contributed by atoms with Gasteiger partial charge in [-0.15, -0.1) is 0 Å². The molecule has 0 radical (unpaired) electrons. The van der Waals surface area contributed by atoms with Crippen molar-refractivity contribution < 1.29 is 4.79 Å². The lowest BCUT2D eigenvalue weighted by Crippen LogP contribution is -2.15. The summed E-state index contributed by atoms with van der Waals surface area (Å²) < 4.78 is 0. The van der Waals surface area contributed by atoms with Gasteiger partial charge in [-0.25, -0.2) is 4.98 Å². The first-order chi connectivity index (χ1) is 10.6. The van der Waals surface area contributed by atoms with E-state index in [0.29, 0.717) is 18.3 Å². The second-order valence-electron chi connectivity index (χ2n) is 6.08. The quantitative estimate of drug-likeness (QED) is 0.910. The van der Waals surface area contributed by atoms with Gasteiger partial charge in [-0.3, -0.25) is 4.79 Å². The molecule has 1 aromatic carbocycles. The van der Waals surface area contributed by atoms with Crippen molar-refractivity contribution >= 4 is 11.7 Å². The van der Waals surface area contributed by atoms with Crippen LogP contribution in [0.5, 0.6) is 0 Å². The molecule has 0 saturated heterocycles. The zero-order chi connectivity index (χ0) is 15.7. The van der Waals surface area contributed by atoms with Crippen LogP contribution in [0.3, 0.4) is 0 Å². The van der Waals surface area contributed by atoms with Crippen LogP contribution in [0.4, 0.5) is 5.82 Å². The zero-order valence-corrected chi connectivity index (χ0v) is 13.0. The fourth-order valence-corrected chi connectivity index (χ4v) is 2.69. The average Bonchev–Trinajstić information content (AvgIpc) is 3.24. The van der Waals surface area contributed by atoms with Gasteiger partial charge in [0.25, 0.3) is 0 Å². The summed E-state index contributed by atoms with van der Waals surface area (Å²) in [5, 5.41) is 2.91. The van der Waals surface area contributed by atoms with Crippen LogP contribution in [-0.4, -0.2) is 10.9 Å². The SMILES string of the molecule is Cc1cc(-c2ccnc(NC(=O)[C@@H]3C[C@H]3C)c2)ccc1CN. The molecule has 0 aliphatic heterocycles. The molecule has 4 nitrogen and oxygen atoms in total. The van der Waals surface area contributed by atoms with E-state index in [1.807, 2.05) is 12.1 Å². The van der Waals surface area contributed by atoms with Gasteiger partial charge in [0.2, 0.25) is 5.91 Å². The third-order valence-corrected chi connectivity index (χ3v) is 4.35. The minimum Gasteiger partial charge on any atom is -0.326 e. The second kappa shape index (κ2) is 5.89. The van der Waals surface area contributed by atoms with Crippen molar-refractivity contribution in [1.82, 2.24) is 4.98 Å². The molecule has 2 atom stereocenters. The van der Waals surface area contributed by atoms with Crippen LogP contribution in [0.25, 0.3) is 11.1 Å². The van der Waals surface area contributed by atoms with Crippen molar-refractivity contribution in [2.45, 2.75) is 26.8 Å². The Morgan fingerprint density at radius 1 is 1.32 bits per heavy atom. The van der Waals surface area contributed by atoms with E-state index in [-0.39, 0.29) is 11.8 Å². The number of nitrogens with one attached hydrogen (secondary N) is 1. The topological polar surface area (TPSA) is 68.0 Å². The number of aromatic nitrogens is 1. The first-order valence-corrected chi connectivity index (χ1v) is 7.65. The molecule has 1 heterocycles. The Labute approximate surface area is 130 Å². The number of pyridine rings is 1. The van der Waals surface area contributed by atoms with Gasteiger partial charge in [-0.05, 0) is 53.6 Å². The Morgan fingerprint density at radius 3 is 2.68 bits per heavy atom. The summed E-state index contributed by atoms with van der Waals surface area (Å²) in [4.78, 5) is 16.2. The van der Waals surface area contributed by atoms with Crippen LogP contribution in [0, 0.1) is 18.8 Å². The Balaban J connectivity index is 1.81. The summed E-state index contributed by atoms with van der Waals surface area (Å²) in [6.45, 7) is 4.70. The first kappa shape index (κ1) is 14.7. The maximum absolute atomic E-state index is 12.0. The van der Waals surface area contributed by atoms with E-state index < -0.39 is 0 Å². The van der Waals surface area contributed by atoms with Gasteiger partial charge in [0.15, 0.2) is 0 Å². The number of amides is 1. The molecule has 4 heteroatoms. The first-order valence-electron chi connectivity index (χ1n) is 7.65. The van der Waals surface area contributed by atoms with Crippen molar-refractivity contribution in [1.29, 1.82) is 0 Å². The molecule has 0 unspecified atom stereocenters. The number of benzene rings is 1. The summed E-state index contributed by atoms with van der Waals surface area (Å²) in [6.07, 6.45) is 2.71. The fraction of sp³-hybridized carbons (Fsp3) is 0.333. The Hall–Kier alpha value is -2.20. The van der Waals surface area contributed by atoms with Gasteiger partial charge in [0, 0.05) is 18.7 Å². The summed E-state index contributed by atoms with van der Waals surface area (Å²) in [5.74, 6) is 1.33. The Morgan fingerprint density at radius 2 is 2.05 bits per heavy atom. The molecule has 1 aromatic heterocycles. The lowest BCUT2D eigenvalue weighted by Gasteiger charge is -2.09. The highest BCUT2D eigenvalue weighted by molar-refractivity contribution is 5.94. The predicted octanol–water partition coefficient (Wildman–Crippen LogP) is 3.11. The van der Waals surface area contributed by atoms with Gasteiger partial charge in [-0.1, -0.05) is 25.1 Å². The molecule has 22 heavy (non-hydrogen) atoms. The molecule has 1 saturated carbocycles. The van der Waals surface area contributed by atoms with Crippen molar-refractivity contribution in [2.75, 3.05) is 5.32 Å². The standard InChI is InChI=1S/C18H21N3O/c1-11-7-13(3-4-15(11)10-19)14-5-6-20-17(9-14)21-18(22)16-8-12(16)2/h3-7,9,12,16H,8,10,19H2,1-2H3,(H,20,21,22)/t12-,16-/m1/s1. The van der Waals surface area contributed by atoms with E-state index in [9.17, 15) is 4.79 Å². The number of carbonyl (C=O) groups excluding carboxylic acids is 1. The maximum Gasteiger partial charge on any atom is 0.228 e. The maximum atomic E-state index is 12.0. The Kier molecular flexibility index (Phi) is 3.94. The fourth-order valence-electron chi connectivity index (χ4n) is 2.69. The second-order valence-corrected chi connectivity index (χ2v) is 6.08. The molecule has 1 fully saturated rings. The number of rotatable bonds is 4. The van der Waals surface area contributed by atoms with E-state index in [4.69, 9.17) is 5.73 Å². The number of hydrogen-bond acceptors (Lipinski definition) is 3. The number of hydrogen-bond donors (Lipinski definition) is 2. The molecule has 114 valence electrons. The van der Waals surface area contributed by atoms with Gasteiger partial charge in [0.1, 0.15) is 5.82 Å². The van der Waals surface area contributed by atoms with E-state index in [1.54, 1.807) is 6.20 Å². The van der Waals surface area contributed by atoms with E-state index in [2.05, 4.69) is 42.3 Å². The third-order valence-electron chi connectivity index (χ3n) is 4.35. The van der Waals surface area contributed by atoms with Crippen LogP contribution in [0.15, 0.2) is 36.5 Å². The highest BCUT2D eigenvalue weighted by Crippen LogP contribution is 2.38. The van der Waals surface area contributed by atoms with Crippen molar-refractivity contribution in [3.8, 4) is 11.1 Å². The van der Waals surface area contributed by atoms with E-state index >= 15 is 0 Å². The average molecular weight is 295 g/mol. The lowest BCUT2D eigenvalue weighted by molar-refractivity contribution is -0.117. The Bertz CT molecular complexity index is 711. The normalized spacial score (nSPS) is 19.8. The van der Waals surface area contributed by atoms with Crippen LogP contribution in [0.1, 0.15) is 24.5 Å². The molecule has 0 bridgehead atoms. The molecule has 1 aliphatic rings. The minimum absolute atomic E-state index is 0.0758. The van der Waals surface area contributed by atoms with E-state index in [1.165, 1.54) is 5.56 Å². The number of nitrogens with zero attached hydrogens (tertiary/aromatic N) is 1. The molecule has 3 N–H and O–H groups in total.